The largest absolute Gasteiger partial charge is 0.497 e. The van der Waals surface area contributed by atoms with Gasteiger partial charge in [0.1, 0.15) is 11.5 Å². The molecule has 1 N–H and O–H groups in total. The fourth-order valence-corrected chi connectivity index (χ4v) is 2.06. The lowest BCUT2D eigenvalue weighted by Gasteiger charge is -2.11. The van der Waals surface area contributed by atoms with E-state index in [-0.39, 0.29) is 11.8 Å². The number of ketones is 1. The summed E-state index contributed by atoms with van der Waals surface area (Å²) in [6.45, 7) is 0.914. The van der Waals surface area contributed by atoms with Gasteiger partial charge in [-0.25, -0.2) is 0 Å². The van der Waals surface area contributed by atoms with Crippen LogP contribution in [0.4, 0.5) is 0 Å². The first-order chi connectivity index (χ1) is 8.24. The molecule has 0 amide bonds. The number of carbonyl (C=O) groups excluding carboxylic acids is 1. The minimum atomic E-state index is -0.0631. The SMILES string of the molecule is COc1cc(OC)cc(C(=O)[C@H]2CCCN2)c1. The van der Waals surface area contributed by atoms with Crippen molar-refractivity contribution >= 4 is 5.78 Å². The van der Waals surface area contributed by atoms with Crippen molar-refractivity contribution in [1.82, 2.24) is 5.32 Å². The van der Waals surface area contributed by atoms with Crippen LogP contribution in [-0.2, 0) is 0 Å². The molecule has 1 aliphatic heterocycles. The molecule has 1 aliphatic rings. The Kier molecular flexibility index (Phi) is 3.64. The molecule has 0 aliphatic carbocycles. The summed E-state index contributed by atoms with van der Waals surface area (Å²) in [5.41, 5.74) is 0.639. The van der Waals surface area contributed by atoms with Crippen LogP contribution in [-0.4, -0.2) is 32.6 Å². The summed E-state index contributed by atoms with van der Waals surface area (Å²) in [5.74, 6) is 1.40. The molecular weight excluding hydrogens is 218 g/mol. The smallest absolute Gasteiger partial charge is 0.179 e. The molecule has 0 unspecified atom stereocenters. The number of ether oxygens (including phenoxy) is 2. The minimum Gasteiger partial charge on any atom is -0.497 e. The van der Waals surface area contributed by atoms with Crippen LogP contribution in [0.15, 0.2) is 18.2 Å². The van der Waals surface area contributed by atoms with Gasteiger partial charge in [0.15, 0.2) is 5.78 Å². The molecule has 0 saturated carbocycles. The molecule has 17 heavy (non-hydrogen) atoms. The maximum Gasteiger partial charge on any atom is 0.179 e. The fraction of sp³-hybridized carbons (Fsp3) is 0.462. The second-order valence-corrected chi connectivity index (χ2v) is 4.11. The van der Waals surface area contributed by atoms with Crippen molar-refractivity contribution in [2.24, 2.45) is 0 Å². The van der Waals surface area contributed by atoms with E-state index in [0.717, 1.165) is 19.4 Å². The summed E-state index contributed by atoms with van der Waals surface area (Å²) in [5, 5.41) is 3.20. The maximum absolute atomic E-state index is 12.2. The Bertz CT molecular complexity index is 389. The summed E-state index contributed by atoms with van der Waals surface area (Å²) in [4.78, 5) is 12.2. The average Bonchev–Trinajstić information content (AvgIpc) is 2.91. The first kappa shape index (κ1) is 11.9. The molecule has 1 fully saturated rings. The van der Waals surface area contributed by atoms with Crippen molar-refractivity contribution in [3.63, 3.8) is 0 Å². The van der Waals surface area contributed by atoms with Gasteiger partial charge in [-0.1, -0.05) is 0 Å². The first-order valence-corrected chi connectivity index (χ1v) is 5.75. The Morgan fingerprint density at radius 2 is 1.88 bits per heavy atom. The third kappa shape index (κ3) is 2.58. The van der Waals surface area contributed by atoms with Gasteiger partial charge in [-0.3, -0.25) is 4.79 Å². The van der Waals surface area contributed by atoms with Crippen LogP contribution >= 0.6 is 0 Å². The number of hydrogen-bond donors (Lipinski definition) is 1. The second kappa shape index (κ2) is 5.19. The molecule has 1 aromatic carbocycles. The van der Waals surface area contributed by atoms with Gasteiger partial charge in [-0.2, -0.15) is 0 Å². The molecular formula is C13H17NO3. The third-order valence-electron chi connectivity index (χ3n) is 3.01. The van der Waals surface area contributed by atoms with Crippen LogP contribution in [0.2, 0.25) is 0 Å². The number of hydrogen-bond acceptors (Lipinski definition) is 4. The molecule has 2 rings (SSSR count). The Morgan fingerprint density at radius 1 is 1.24 bits per heavy atom. The molecule has 92 valence electrons. The van der Waals surface area contributed by atoms with E-state index in [4.69, 9.17) is 9.47 Å². The molecule has 1 saturated heterocycles. The predicted octanol–water partition coefficient (Wildman–Crippen LogP) is 1.64. The molecule has 4 nitrogen and oxygen atoms in total. The normalized spacial score (nSPS) is 19.1. The highest BCUT2D eigenvalue weighted by Gasteiger charge is 2.24. The van der Waals surface area contributed by atoms with Gasteiger partial charge >= 0.3 is 0 Å². The third-order valence-corrected chi connectivity index (χ3v) is 3.01. The molecule has 4 heteroatoms. The average molecular weight is 235 g/mol. The van der Waals surface area contributed by atoms with E-state index < -0.39 is 0 Å². The topological polar surface area (TPSA) is 47.6 Å². The van der Waals surface area contributed by atoms with E-state index in [1.807, 2.05) is 0 Å². The maximum atomic E-state index is 12.2. The van der Waals surface area contributed by atoms with Crippen molar-refractivity contribution in [1.29, 1.82) is 0 Å². The highest BCUT2D eigenvalue weighted by molar-refractivity contribution is 6.01. The first-order valence-electron chi connectivity index (χ1n) is 5.75. The molecule has 1 heterocycles. The zero-order chi connectivity index (χ0) is 12.3. The van der Waals surface area contributed by atoms with Crippen molar-refractivity contribution in [3.8, 4) is 11.5 Å². The van der Waals surface area contributed by atoms with Crippen molar-refractivity contribution < 1.29 is 14.3 Å². The van der Waals surface area contributed by atoms with Gasteiger partial charge in [-0.05, 0) is 31.5 Å². The quantitative estimate of drug-likeness (QED) is 0.806. The van der Waals surface area contributed by atoms with Crippen LogP contribution in [0.25, 0.3) is 0 Å². The van der Waals surface area contributed by atoms with Crippen LogP contribution in [0.3, 0.4) is 0 Å². The molecule has 1 atom stereocenters. The number of benzene rings is 1. The number of carbonyl (C=O) groups is 1. The van der Waals surface area contributed by atoms with Crippen LogP contribution in [0.5, 0.6) is 11.5 Å². The molecule has 0 radical (unpaired) electrons. The second-order valence-electron chi connectivity index (χ2n) is 4.11. The van der Waals surface area contributed by atoms with Gasteiger partial charge in [0.05, 0.1) is 20.3 Å². The standard InChI is InChI=1S/C13H17NO3/c1-16-10-6-9(7-11(8-10)17-2)13(15)12-4-3-5-14-12/h6-8,12,14H,3-5H2,1-2H3/t12-/m1/s1. The van der Waals surface area contributed by atoms with Crippen LogP contribution in [0, 0.1) is 0 Å². The molecule has 1 aromatic rings. The molecule has 0 spiro atoms. The van der Waals surface area contributed by atoms with Crippen LogP contribution < -0.4 is 14.8 Å². The lowest BCUT2D eigenvalue weighted by atomic mass is 10.0. The van der Waals surface area contributed by atoms with Crippen molar-refractivity contribution in [2.75, 3.05) is 20.8 Å². The van der Waals surface area contributed by atoms with Gasteiger partial charge in [0, 0.05) is 11.6 Å². The minimum absolute atomic E-state index is 0.0631. The van der Waals surface area contributed by atoms with E-state index >= 15 is 0 Å². The number of methoxy groups -OCH3 is 2. The highest BCUT2D eigenvalue weighted by atomic mass is 16.5. The van der Waals surface area contributed by atoms with E-state index in [0.29, 0.717) is 17.1 Å². The van der Waals surface area contributed by atoms with Gasteiger partial charge < -0.3 is 14.8 Å². The molecule has 0 aromatic heterocycles. The van der Waals surface area contributed by atoms with E-state index in [9.17, 15) is 4.79 Å². The zero-order valence-corrected chi connectivity index (χ0v) is 10.2. The molecule has 0 bridgehead atoms. The number of nitrogens with one attached hydrogen (secondary N) is 1. The Labute approximate surface area is 101 Å². The zero-order valence-electron chi connectivity index (χ0n) is 10.2. The van der Waals surface area contributed by atoms with Crippen molar-refractivity contribution in [2.45, 2.75) is 18.9 Å². The van der Waals surface area contributed by atoms with Crippen LogP contribution in [0.1, 0.15) is 23.2 Å². The summed E-state index contributed by atoms with van der Waals surface area (Å²) in [7, 11) is 3.16. The summed E-state index contributed by atoms with van der Waals surface area (Å²) in [6.07, 6.45) is 1.95. The lowest BCUT2D eigenvalue weighted by Crippen LogP contribution is -2.30. The Balaban J connectivity index is 2.26. The van der Waals surface area contributed by atoms with Crippen molar-refractivity contribution in [3.05, 3.63) is 23.8 Å². The van der Waals surface area contributed by atoms with E-state index in [1.54, 1.807) is 32.4 Å². The highest BCUT2D eigenvalue weighted by Crippen LogP contribution is 2.24. The Morgan fingerprint density at radius 3 is 2.35 bits per heavy atom. The van der Waals surface area contributed by atoms with Gasteiger partial charge in [0.2, 0.25) is 0 Å². The predicted molar refractivity (Wildman–Crippen MR) is 64.9 cm³/mol. The Hall–Kier alpha value is -1.55. The summed E-state index contributed by atoms with van der Waals surface area (Å²) >= 11 is 0. The summed E-state index contributed by atoms with van der Waals surface area (Å²) in [6, 6.07) is 5.21. The van der Waals surface area contributed by atoms with Gasteiger partial charge in [0.25, 0.3) is 0 Å². The fourth-order valence-electron chi connectivity index (χ4n) is 2.06. The summed E-state index contributed by atoms with van der Waals surface area (Å²) < 4.78 is 10.3. The lowest BCUT2D eigenvalue weighted by molar-refractivity contribution is 0.0951. The monoisotopic (exact) mass is 235 g/mol. The van der Waals surface area contributed by atoms with E-state index in [2.05, 4.69) is 5.32 Å². The number of rotatable bonds is 4. The number of Topliss-reactive ketones (excluding diaryl/α,β-unsaturated/α-hetero) is 1. The van der Waals surface area contributed by atoms with E-state index in [1.165, 1.54) is 0 Å². The van der Waals surface area contributed by atoms with Gasteiger partial charge in [-0.15, -0.1) is 0 Å².